The number of hydrogen-bond donors (Lipinski definition) is 1. The average Bonchev–Trinajstić information content (AvgIpc) is 3.78. The Morgan fingerprint density at radius 2 is 1.72 bits per heavy atom. The van der Waals surface area contributed by atoms with E-state index in [1.165, 1.54) is 14.0 Å². The highest BCUT2D eigenvalue weighted by molar-refractivity contribution is 6.00. The van der Waals surface area contributed by atoms with Crippen LogP contribution < -0.4 is 0 Å². The monoisotopic (exact) mass is 811 g/mol. The molecular weight excluding hydrogens is 746 g/mol. The third-order valence-corrected chi connectivity index (χ3v) is 12.8. The molecule has 1 N–H and O–H groups in total. The molecular formula is C43H65N5O10. The van der Waals surface area contributed by atoms with Gasteiger partial charge in [0.1, 0.15) is 23.9 Å². The number of Topliss-reactive ketones (excluding diaryl/α,β-unsaturated/α-hetero) is 2. The second kappa shape index (κ2) is 18.7. The van der Waals surface area contributed by atoms with Crippen LogP contribution in [0.5, 0.6) is 0 Å². The zero-order valence-corrected chi connectivity index (χ0v) is 36.1. The van der Waals surface area contributed by atoms with Crippen molar-refractivity contribution in [3.05, 3.63) is 37.1 Å². The molecule has 0 radical (unpaired) electrons. The molecule has 5 heterocycles. The lowest BCUT2D eigenvalue weighted by molar-refractivity contribution is -0.295. The first kappa shape index (κ1) is 45.3. The highest BCUT2D eigenvalue weighted by Crippen LogP contribution is 2.43. The van der Waals surface area contributed by atoms with Gasteiger partial charge in [-0.2, -0.15) is 0 Å². The number of amides is 1. The summed E-state index contributed by atoms with van der Waals surface area (Å²) in [5, 5.41) is 11.4. The lowest BCUT2D eigenvalue weighted by Gasteiger charge is -2.47. The fraction of sp³-hybridized carbons (Fsp3) is 0.721. The fourth-order valence-electron chi connectivity index (χ4n) is 9.43. The summed E-state index contributed by atoms with van der Waals surface area (Å²) in [7, 11) is 5.24. The molecule has 0 aliphatic carbocycles. The van der Waals surface area contributed by atoms with Gasteiger partial charge in [0.25, 0.3) is 0 Å². The van der Waals surface area contributed by atoms with Crippen LogP contribution in [-0.2, 0) is 44.6 Å². The van der Waals surface area contributed by atoms with Crippen LogP contribution in [0.1, 0.15) is 87.5 Å². The Labute approximate surface area is 343 Å². The summed E-state index contributed by atoms with van der Waals surface area (Å²) in [5.74, 6) is -4.95. The van der Waals surface area contributed by atoms with Gasteiger partial charge in [0.05, 0.1) is 35.9 Å². The van der Waals surface area contributed by atoms with Crippen molar-refractivity contribution < 1.29 is 48.0 Å². The molecule has 58 heavy (non-hydrogen) atoms. The molecule has 1 amide bonds. The number of ketones is 2. The van der Waals surface area contributed by atoms with Crippen molar-refractivity contribution in [2.24, 2.45) is 23.7 Å². The number of nitrogens with zero attached hydrogens (tertiary/aromatic N) is 5. The van der Waals surface area contributed by atoms with Crippen molar-refractivity contribution in [2.75, 3.05) is 27.7 Å². The number of carbonyl (C=O) groups is 4. The van der Waals surface area contributed by atoms with Crippen LogP contribution in [0, 0.1) is 23.7 Å². The third-order valence-electron chi connectivity index (χ3n) is 12.8. The van der Waals surface area contributed by atoms with Gasteiger partial charge in [0.15, 0.2) is 17.7 Å². The first-order chi connectivity index (χ1) is 27.4. The molecule has 13 atom stereocenters. The van der Waals surface area contributed by atoms with Crippen LogP contribution in [0.25, 0.3) is 11.3 Å². The highest BCUT2D eigenvalue weighted by atomic mass is 16.7. The van der Waals surface area contributed by atoms with Gasteiger partial charge in [-0.05, 0) is 86.0 Å². The molecule has 3 saturated heterocycles. The van der Waals surface area contributed by atoms with Crippen LogP contribution in [-0.4, -0.2) is 135 Å². The predicted molar refractivity (Wildman–Crippen MR) is 214 cm³/mol. The minimum atomic E-state index is -1.40. The summed E-state index contributed by atoms with van der Waals surface area (Å²) in [6.07, 6.45) is 4.45. The van der Waals surface area contributed by atoms with E-state index in [0.29, 0.717) is 32.4 Å². The molecule has 5 rings (SSSR count). The first-order valence-corrected chi connectivity index (χ1v) is 20.8. The van der Waals surface area contributed by atoms with Gasteiger partial charge in [-0.1, -0.05) is 27.7 Å². The Balaban J connectivity index is 1.43. The molecule has 0 aromatic carbocycles. The first-order valence-electron chi connectivity index (χ1n) is 20.8. The normalized spacial score (nSPS) is 36.7. The van der Waals surface area contributed by atoms with Crippen molar-refractivity contribution >= 4 is 23.6 Å². The molecule has 2 aromatic rings. The molecule has 3 aliphatic heterocycles. The smallest absolute Gasteiger partial charge is 0.410 e. The summed E-state index contributed by atoms with van der Waals surface area (Å²) in [5.41, 5.74) is -0.938. The van der Waals surface area contributed by atoms with Gasteiger partial charge >= 0.3 is 12.1 Å². The van der Waals surface area contributed by atoms with Gasteiger partial charge in [0.2, 0.25) is 0 Å². The second-order valence-corrected chi connectivity index (χ2v) is 17.3. The van der Waals surface area contributed by atoms with Crippen molar-refractivity contribution in [1.29, 1.82) is 0 Å². The molecule has 15 nitrogen and oxygen atoms in total. The molecule has 1 unspecified atom stereocenters. The number of likely N-dealkylation sites (N-methyl/N-ethyl adjacent to an activating group) is 1. The maximum atomic E-state index is 14.7. The van der Waals surface area contributed by atoms with Crippen molar-refractivity contribution in [3.63, 3.8) is 0 Å². The molecule has 0 saturated carbocycles. The Kier molecular flexibility index (Phi) is 14.6. The van der Waals surface area contributed by atoms with E-state index in [1.807, 2.05) is 62.7 Å². The number of esters is 1. The van der Waals surface area contributed by atoms with E-state index < -0.39 is 83.4 Å². The van der Waals surface area contributed by atoms with Gasteiger partial charge < -0.3 is 43.2 Å². The summed E-state index contributed by atoms with van der Waals surface area (Å²) >= 11 is 0. The van der Waals surface area contributed by atoms with Crippen LogP contribution >= 0.6 is 0 Å². The summed E-state index contributed by atoms with van der Waals surface area (Å²) in [6.45, 7) is 14.9. The van der Waals surface area contributed by atoms with E-state index in [4.69, 9.17) is 23.7 Å². The zero-order valence-electron chi connectivity index (χ0n) is 36.1. The Morgan fingerprint density at radius 3 is 2.36 bits per heavy atom. The Morgan fingerprint density at radius 1 is 1.02 bits per heavy atom. The highest BCUT2D eigenvalue weighted by Gasteiger charge is 2.60. The number of cyclic esters (lactones) is 1. The second-order valence-electron chi connectivity index (χ2n) is 17.3. The molecule has 322 valence electrons. The summed E-state index contributed by atoms with van der Waals surface area (Å²) in [4.78, 5) is 69.0. The quantitative estimate of drug-likeness (QED) is 0.184. The number of hydrogen-bond acceptors (Lipinski definition) is 13. The maximum absolute atomic E-state index is 14.7. The van der Waals surface area contributed by atoms with E-state index in [2.05, 4.69) is 9.97 Å². The molecule has 15 heteroatoms. The maximum Gasteiger partial charge on any atom is 0.410 e. The molecule has 0 bridgehead atoms. The Hall–Kier alpha value is -3.76. The number of aromatic nitrogens is 3. The predicted octanol–water partition coefficient (Wildman–Crippen LogP) is 4.93. The Bertz CT molecular complexity index is 1740. The lowest BCUT2D eigenvalue weighted by atomic mass is 9.73. The molecule has 3 aliphatic rings. The number of methoxy groups -OCH3 is 1. The van der Waals surface area contributed by atoms with Crippen LogP contribution in [0.3, 0.4) is 0 Å². The minimum Gasteiger partial charge on any atom is -0.458 e. The van der Waals surface area contributed by atoms with E-state index in [1.54, 1.807) is 51.3 Å². The lowest BCUT2D eigenvalue weighted by Crippen LogP contribution is -2.60. The van der Waals surface area contributed by atoms with E-state index >= 15 is 0 Å². The van der Waals surface area contributed by atoms with Crippen LogP contribution in [0.4, 0.5) is 4.79 Å². The molecule has 2 aromatic heterocycles. The molecule has 3 fully saturated rings. The number of pyridine rings is 1. The standard InChI is InChI=1S/C43H65N5O10/c1-12-33-43(8)37(48(41(53)58-43)19-14-13-18-47-23-31(45-24-47)30-16-15-17-44-22-30)27(4)34(49)25(2)21-42(7,54-11)38(28(5)35(50)29(6)39(52)56-33)57-40-36(51)32(46(9)10)20-26(3)55-40/h15-17,22-29,32-33,36-38,40,51H,12-14,18-21H2,1-11H3/t25-,26-,27+,28+,29-,32+,33-,36-,37-,38-,40+,42-,43?/m1/s1. The average molecular weight is 812 g/mol. The van der Waals surface area contributed by atoms with Gasteiger partial charge in [-0.15, -0.1) is 0 Å². The number of aliphatic hydroxyl groups excluding tert-OH is 1. The van der Waals surface area contributed by atoms with E-state index in [9.17, 15) is 24.3 Å². The van der Waals surface area contributed by atoms with Crippen molar-refractivity contribution in [2.45, 2.75) is 148 Å². The number of fused-ring (bicyclic) bond motifs is 1. The van der Waals surface area contributed by atoms with E-state index in [0.717, 1.165) is 11.3 Å². The zero-order chi connectivity index (χ0) is 42.7. The van der Waals surface area contributed by atoms with E-state index in [-0.39, 0.29) is 30.8 Å². The number of carbonyl (C=O) groups excluding carboxylic acids is 4. The number of imidazole rings is 1. The number of unbranched alkanes of at least 4 members (excludes halogenated alkanes) is 1. The van der Waals surface area contributed by atoms with Gasteiger partial charge in [-0.3, -0.25) is 19.4 Å². The summed E-state index contributed by atoms with van der Waals surface area (Å²) in [6, 6.07) is 2.74. The van der Waals surface area contributed by atoms with Crippen LogP contribution in [0.15, 0.2) is 37.1 Å². The minimum absolute atomic E-state index is 0.130. The third kappa shape index (κ3) is 9.33. The SMILES string of the molecule is CC[C@H]1OC(=O)[C@H](C)C(=O)[C@H](C)[C@@H](O[C@@H]2O[C@H](C)C[C@H](N(C)C)[C@H]2O)[C@](C)(OC)C[C@@H](C)C(=O)[C@H](C)[C@H]2N(CCCCn3cnc(-c4cccnc4)c3)C(=O)OC12C. The van der Waals surface area contributed by atoms with Gasteiger partial charge in [0, 0.05) is 68.1 Å². The van der Waals surface area contributed by atoms with Gasteiger partial charge in [-0.25, -0.2) is 9.78 Å². The summed E-state index contributed by atoms with van der Waals surface area (Å²) < 4.78 is 33.2. The number of aliphatic hydroxyl groups is 1. The number of ether oxygens (including phenoxy) is 5. The largest absolute Gasteiger partial charge is 0.458 e. The van der Waals surface area contributed by atoms with Crippen LogP contribution in [0.2, 0.25) is 0 Å². The number of aryl methyl sites for hydroxylation is 1. The number of rotatable bonds is 11. The van der Waals surface area contributed by atoms with Crippen molar-refractivity contribution in [1.82, 2.24) is 24.3 Å². The fourth-order valence-corrected chi connectivity index (χ4v) is 9.43. The topological polar surface area (TPSA) is 172 Å². The van der Waals surface area contributed by atoms with Crippen molar-refractivity contribution in [3.8, 4) is 11.3 Å². The molecule has 0 spiro atoms.